The Bertz CT molecular complexity index is 598. The quantitative estimate of drug-likeness (QED) is 0.870. The lowest BCUT2D eigenvalue weighted by Gasteiger charge is -2.18. The van der Waals surface area contributed by atoms with Crippen molar-refractivity contribution in [2.24, 2.45) is 0 Å². The van der Waals surface area contributed by atoms with Gasteiger partial charge in [-0.1, -0.05) is 54.1 Å². The van der Waals surface area contributed by atoms with Gasteiger partial charge in [-0.05, 0) is 37.1 Å². The maximum Gasteiger partial charge on any atom is 0.249 e. The van der Waals surface area contributed by atoms with E-state index in [1.165, 1.54) is 0 Å². The largest absolute Gasteiger partial charge is 0.364 e. The average molecular weight is 318 g/mol. The molecule has 0 aliphatic carbocycles. The fourth-order valence-electron chi connectivity index (χ4n) is 2.04. The lowest BCUT2D eigenvalue weighted by molar-refractivity contribution is -0.133. The van der Waals surface area contributed by atoms with E-state index in [4.69, 9.17) is 16.3 Å². The zero-order valence-corrected chi connectivity index (χ0v) is 13.5. The summed E-state index contributed by atoms with van der Waals surface area (Å²) >= 11 is 5.86. The Morgan fingerprint density at radius 2 is 1.73 bits per heavy atom. The third kappa shape index (κ3) is 4.86. The Balaban J connectivity index is 1.84. The van der Waals surface area contributed by atoms with Gasteiger partial charge < -0.3 is 10.1 Å². The van der Waals surface area contributed by atoms with E-state index in [-0.39, 0.29) is 11.9 Å². The Hall–Kier alpha value is -1.84. The van der Waals surface area contributed by atoms with E-state index in [2.05, 4.69) is 5.32 Å². The molecule has 2 atom stereocenters. The van der Waals surface area contributed by atoms with Crippen LogP contribution in [-0.2, 0) is 16.1 Å². The molecule has 22 heavy (non-hydrogen) atoms. The zero-order chi connectivity index (χ0) is 15.9. The van der Waals surface area contributed by atoms with Gasteiger partial charge in [0, 0.05) is 5.02 Å². The first-order valence-electron chi connectivity index (χ1n) is 7.27. The first kappa shape index (κ1) is 16.5. The van der Waals surface area contributed by atoms with Gasteiger partial charge in [0.15, 0.2) is 0 Å². The number of hydrogen-bond acceptors (Lipinski definition) is 2. The number of benzene rings is 2. The van der Waals surface area contributed by atoms with E-state index in [0.717, 1.165) is 11.1 Å². The molecule has 0 aliphatic rings. The highest BCUT2D eigenvalue weighted by atomic mass is 35.5. The van der Waals surface area contributed by atoms with Gasteiger partial charge in [-0.25, -0.2) is 0 Å². The lowest BCUT2D eigenvalue weighted by atomic mass is 10.1. The standard InChI is InChI=1S/C18H20ClNO2/c1-13(16-8-10-17(19)11-9-16)20-18(21)14(2)22-12-15-6-4-3-5-7-15/h3-11,13-14H,12H2,1-2H3,(H,20,21)/t13-,14+/m0/s1. The second-order valence-corrected chi connectivity index (χ2v) is 5.66. The van der Waals surface area contributed by atoms with E-state index >= 15 is 0 Å². The molecular weight excluding hydrogens is 298 g/mol. The van der Waals surface area contributed by atoms with Gasteiger partial charge in [-0.2, -0.15) is 0 Å². The summed E-state index contributed by atoms with van der Waals surface area (Å²) in [5.74, 6) is -0.126. The van der Waals surface area contributed by atoms with Crippen molar-refractivity contribution >= 4 is 17.5 Å². The Kier molecular flexibility index (Phi) is 5.99. The summed E-state index contributed by atoms with van der Waals surface area (Å²) < 4.78 is 5.61. The highest BCUT2D eigenvalue weighted by Gasteiger charge is 2.16. The first-order chi connectivity index (χ1) is 10.6. The van der Waals surface area contributed by atoms with Gasteiger partial charge in [0.1, 0.15) is 6.10 Å². The van der Waals surface area contributed by atoms with Crippen LogP contribution >= 0.6 is 11.6 Å². The number of carbonyl (C=O) groups excluding carboxylic acids is 1. The molecule has 1 N–H and O–H groups in total. The summed E-state index contributed by atoms with van der Waals surface area (Å²) in [5, 5.41) is 3.63. The second-order valence-electron chi connectivity index (χ2n) is 5.22. The zero-order valence-electron chi connectivity index (χ0n) is 12.8. The van der Waals surface area contributed by atoms with Crippen molar-refractivity contribution in [3.8, 4) is 0 Å². The lowest BCUT2D eigenvalue weighted by Crippen LogP contribution is -2.36. The van der Waals surface area contributed by atoms with Crippen molar-refractivity contribution in [3.05, 3.63) is 70.7 Å². The number of ether oxygens (including phenoxy) is 1. The first-order valence-corrected chi connectivity index (χ1v) is 7.65. The second kappa shape index (κ2) is 7.97. The molecule has 0 aliphatic heterocycles. The van der Waals surface area contributed by atoms with Crippen molar-refractivity contribution in [2.75, 3.05) is 0 Å². The predicted molar refractivity (Wildman–Crippen MR) is 88.7 cm³/mol. The Morgan fingerprint density at radius 3 is 2.36 bits per heavy atom. The number of amides is 1. The molecule has 3 nitrogen and oxygen atoms in total. The molecule has 2 aromatic carbocycles. The fourth-order valence-corrected chi connectivity index (χ4v) is 2.16. The summed E-state index contributed by atoms with van der Waals surface area (Å²) in [6.07, 6.45) is -0.505. The van der Waals surface area contributed by atoms with Gasteiger partial charge >= 0.3 is 0 Å². The minimum absolute atomic E-state index is 0.0902. The number of nitrogens with one attached hydrogen (secondary N) is 1. The molecule has 2 rings (SSSR count). The van der Waals surface area contributed by atoms with Crippen LogP contribution in [-0.4, -0.2) is 12.0 Å². The van der Waals surface area contributed by atoms with Crippen LogP contribution in [0.15, 0.2) is 54.6 Å². The van der Waals surface area contributed by atoms with Crippen molar-refractivity contribution < 1.29 is 9.53 Å². The predicted octanol–water partition coefficient (Wildman–Crippen LogP) is 4.12. The van der Waals surface area contributed by atoms with Crippen molar-refractivity contribution in [2.45, 2.75) is 32.6 Å². The van der Waals surface area contributed by atoms with Crippen LogP contribution in [0.1, 0.15) is 31.0 Å². The van der Waals surface area contributed by atoms with E-state index in [1.807, 2.05) is 61.5 Å². The van der Waals surface area contributed by atoms with Crippen LogP contribution in [0, 0.1) is 0 Å². The molecule has 1 amide bonds. The Morgan fingerprint density at radius 1 is 1.09 bits per heavy atom. The molecule has 0 radical (unpaired) electrons. The van der Waals surface area contributed by atoms with Crippen LogP contribution in [0.3, 0.4) is 0 Å². The topological polar surface area (TPSA) is 38.3 Å². The number of hydrogen-bond donors (Lipinski definition) is 1. The third-order valence-corrected chi connectivity index (χ3v) is 3.69. The maximum absolute atomic E-state index is 12.2. The monoisotopic (exact) mass is 317 g/mol. The molecule has 0 saturated heterocycles. The van der Waals surface area contributed by atoms with Gasteiger partial charge in [-0.3, -0.25) is 4.79 Å². The summed E-state index contributed by atoms with van der Waals surface area (Å²) in [6, 6.07) is 17.1. The van der Waals surface area contributed by atoms with Crippen molar-refractivity contribution in [1.82, 2.24) is 5.32 Å². The number of rotatable bonds is 6. The molecular formula is C18H20ClNO2. The number of halogens is 1. The normalized spacial score (nSPS) is 13.4. The minimum Gasteiger partial charge on any atom is -0.364 e. The van der Waals surface area contributed by atoms with Crippen LogP contribution in [0.2, 0.25) is 5.02 Å². The van der Waals surface area contributed by atoms with Crippen molar-refractivity contribution in [1.29, 1.82) is 0 Å². The van der Waals surface area contributed by atoms with E-state index in [1.54, 1.807) is 6.92 Å². The van der Waals surface area contributed by atoms with Gasteiger partial charge in [-0.15, -0.1) is 0 Å². The van der Waals surface area contributed by atoms with Crippen LogP contribution in [0.4, 0.5) is 0 Å². The average Bonchev–Trinajstić information content (AvgIpc) is 2.54. The van der Waals surface area contributed by atoms with E-state index in [9.17, 15) is 4.79 Å². The Labute approximate surface area is 136 Å². The van der Waals surface area contributed by atoms with Crippen LogP contribution in [0.5, 0.6) is 0 Å². The third-order valence-electron chi connectivity index (χ3n) is 3.44. The molecule has 0 spiro atoms. The molecule has 4 heteroatoms. The van der Waals surface area contributed by atoms with Gasteiger partial charge in [0.25, 0.3) is 0 Å². The van der Waals surface area contributed by atoms with E-state index in [0.29, 0.717) is 11.6 Å². The summed E-state index contributed by atoms with van der Waals surface area (Å²) in [6.45, 7) is 4.11. The molecule has 0 bridgehead atoms. The molecule has 0 heterocycles. The summed E-state index contributed by atoms with van der Waals surface area (Å²) in [5.41, 5.74) is 2.06. The van der Waals surface area contributed by atoms with Gasteiger partial charge in [0.05, 0.1) is 12.6 Å². The molecule has 2 aromatic rings. The number of carbonyl (C=O) groups is 1. The van der Waals surface area contributed by atoms with Crippen LogP contribution < -0.4 is 5.32 Å². The molecule has 0 unspecified atom stereocenters. The fraction of sp³-hybridized carbons (Fsp3) is 0.278. The SMILES string of the molecule is C[C@H](NC(=O)[C@@H](C)OCc1ccccc1)c1ccc(Cl)cc1. The van der Waals surface area contributed by atoms with E-state index < -0.39 is 6.10 Å². The summed E-state index contributed by atoms with van der Waals surface area (Å²) in [4.78, 5) is 12.2. The maximum atomic E-state index is 12.2. The van der Waals surface area contributed by atoms with Crippen molar-refractivity contribution in [3.63, 3.8) is 0 Å². The minimum atomic E-state index is -0.505. The smallest absolute Gasteiger partial charge is 0.249 e. The van der Waals surface area contributed by atoms with Gasteiger partial charge in [0.2, 0.25) is 5.91 Å². The molecule has 0 fully saturated rings. The molecule has 116 valence electrons. The molecule has 0 saturated carbocycles. The molecule has 0 aromatic heterocycles. The summed E-state index contributed by atoms with van der Waals surface area (Å²) in [7, 11) is 0. The highest BCUT2D eigenvalue weighted by molar-refractivity contribution is 6.30. The van der Waals surface area contributed by atoms with Crippen LogP contribution in [0.25, 0.3) is 0 Å². The highest BCUT2D eigenvalue weighted by Crippen LogP contribution is 2.16.